The molecule has 144 valence electrons. The average Bonchev–Trinajstić information content (AvgIpc) is 3.02. The van der Waals surface area contributed by atoms with Gasteiger partial charge in [0.05, 0.1) is 16.2 Å². The molecular weight excluding hydrogens is 422 g/mol. The molecule has 0 saturated heterocycles. The van der Waals surface area contributed by atoms with Crippen molar-refractivity contribution in [1.82, 2.24) is 19.9 Å². The summed E-state index contributed by atoms with van der Waals surface area (Å²) in [5.74, 6) is 0.428. The number of hydrogen-bond acceptors (Lipinski definition) is 7. The van der Waals surface area contributed by atoms with Crippen LogP contribution in [0.25, 0.3) is 20.8 Å². The Kier molecular flexibility index (Phi) is 5.64. The molecule has 4 rings (SSSR count). The summed E-state index contributed by atoms with van der Waals surface area (Å²) in [6, 6.07) is 4.91. The third-order valence-corrected chi connectivity index (χ3v) is 5.38. The molecule has 4 aromatic rings. The van der Waals surface area contributed by atoms with Gasteiger partial charge in [-0.2, -0.15) is 0 Å². The van der Waals surface area contributed by atoms with Gasteiger partial charge in [0, 0.05) is 23.0 Å². The Morgan fingerprint density at radius 2 is 1.82 bits per heavy atom. The first-order valence-electron chi connectivity index (χ1n) is 7.68. The number of hydrogen-bond donors (Lipinski definition) is 2. The Morgan fingerprint density at radius 1 is 1.11 bits per heavy atom. The fraction of sp³-hybridized carbons (Fsp3) is 0.111. The number of nitrogens with one attached hydrogen (secondary N) is 1. The topological polar surface area (TPSA) is 89.6 Å². The highest BCUT2D eigenvalue weighted by molar-refractivity contribution is 7.22. The number of anilines is 3. The van der Waals surface area contributed by atoms with E-state index in [0.29, 0.717) is 42.6 Å². The highest BCUT2D eigenvalue weighted by Crippen LogP contribution is 2.42. The number of nitrogens with zero attached hydrogens (tertiary/aromatic N) is 4. The number of fused-ring (bicyclic) bond motifs is 1. The van der Waals surface area contributed by atoms with Gasteiger partial charge in [-0.25, -0.2) is 24.3 Å². The van der Waals surface area contributed by atoms with E-state index in [-0.39, 0.29) is 12.9 Å². The summed E-state index contributed by atoms with van der Waals surface area (Å²) in [7, 11) is 0. The van der Waals surface area contributed by atoms with E-state index in [1.807, 2.05) is 6.92 Å². The van der Waals surface area contributed by atoms with Crippen LogP contribution in [0.2, 0.25) is 10.0 Å². The van der Waals surface area contributed by atoms with E-state index < -0.39 is 5.82 Å². The molecule has 3 heterocycles. The molecule has 0 spiro atoms. The summed E-state index contributed by atoms with van der Waals surface area (Å²) >= 11 is 13.8. The van der Waals surface area contributed by atoms with Gasteiger partial charge >= 0.3 is 0 Å². The zero-order valence-corrected chi connectivity index (χ0v) is 16.1. The number of nitrogen functional groups attached to an aromatic ring is 1. The second-order valence-electron chi connectivity index (χ2n) is 5.68. The van der Waals surface area contributed by atoms with E-state index in [9.17, 15) is 4.39 Å². The van der Waals surface area contributed by atoms with Gasteiger partial charge in [-0.3, -0.25) is 0 Å². The quantitative estimate of drug-likeness (QED) is 0.390. The van der Waals surface area contributed by atoms with Gasteiger partial charge in [0.15, 0.2) is 11.6 Å². The summed E-state index contributed by atoms with van der Waals surface area (Å²) in [6.45, 7) is 1.84. The van der Waals surface area contributed by atoms with Crippen LogP contribution in [0.15, 0.2) is 30.7 Å². The predicted molar refractivity (Wildman–Crippen MR) is 114 cm³/mol. The number of nitrogens with two attached hydrogens (primary N) is 1. The molecule has 0 unspecified atom stereocenters. The highest BCUT2D eigenvalue weighted by Gasteiger charge is 2.19. The van der Waals surface area contributed by atoms with Crippen molar-refractivity contribution in [3.8, 4) is 10.6 Å². The average molecular weight is 437 g/mol. The molecule has 0 atom stereocenters. The van der Waals surface area contributed by atoms with Crippen molar-refractivity contribution in [3.05, 3.63) is 52.3 Å². The second kappa shape index (κ2) is 7.83. The first kappa shape index (κ1) is 20.2. The molecule has 0 bridgehead atoms. The number of benzene rings is 1. The number of aryl methyl sites for hydroxylation is 1. The van der Waals surface area contributed by atoms with E-state index in [1.54, 1.807) is 18.2 Å². The number of thiazole rings is 1. The predicted octanol–water partition coefficient (Wildman–Crippen LogP) is 5.86. The number of aromatic nitrogens is 4. The fourth-order valence-electron chi connectivity index (χ4n) is 2.52. The van der Waals surface area contributed by atoms with Crippen molar-refractivity contribution in [2.24, 2.45) is 0 Å². The largest absolute Gasteiger partial charge is 0.399 e. The molecule has 28 heavy (non-hydrogen) atoms. The molecule has 6 nitrogen and oxygen atoms in total. The van der Waals surface area contributed by atoms with Crippen LogP contribution in [-0.2, 0) is 0 Å². The molecule has 0 aliphatic heterocycles. The van der Waals surface area contributed by atoms with Crippen LogP contribution in [0.1, 0.15) is 13.1 Å². The second-order valence-corrected chi connectivity index (χ2v) is 7.49. The van der Waals surface area contributed by atoms with Gasteiger partial charge < -0.3 is 11.1 Å². The lowest BCUT2D eigenvalue weighted by molar-refractivity contribution is 0.632. The molecule has 1 aromatic carbocycles. The first-order valence-corrected chi connectivity index (χ1v) is 9.25. The van der Waals surface area contributed by atoms with Gasteiger partial charge in [-0.15, -0.1) is 11.3 Å². The van der Waals surface area contributed by atoms with E-state index in [1.165, 1.54) is 17.7 Å². The number of rotatable bonds is 3. The Balaban J connectivity index is 0.00000225. The van der Waals surface area contributed by atoms with Crippen LogP contribution >= 0.6 is 34.5 Å². The minimum atomic E-state index is -0.542. The van der Waals surface area contributed by atoms with Gasteiger partial charge in [-0.1, -0.05) is 30.6 Å². The molecular formula is C18H15Cl2FN6S. The van der Waals surface area contributed by atoms with Crippen molar-refractivity contribution < 1.29 is 4.39 Å². The third kappa shape index (κ3) is 3.71. The Bertz CT molecular complexity index is 1160. The van der Waals surface area contributed by atoms with E-state index >= 15 is 0 Å². The van der Waals surface area contributed by atoms with Gasteiger partial charge in [0.25, 0.3) is 0 Å². The molecule has 0 amide bonds. The van der Waals surface area contributed by atoms with E-state index in [4.69, 9.17) is 28.9 Å². The summed E-state index contributed by atoms with van der Waals surface area (Å²) in [5.41, 5.74) is 7.64. The van der Waals surface area contributed by atoms with Crippen LogP contribution in [0.5, 0.6) is 0 Å². The molecule has 3 N–H and O–H groups in total. The fourth-order valence-corrected chi connectivity index (χ4v) is 4.41. The van der Waals surface area contributed by atoms with Crippen molar-refractivity contribution >= 4 is 62.1 Å². The molecule has 0 saturated carbocycles. The summed E-state index contributed by atoms with van der Waals surface area (Å²) in [4.78, 5) is 16.7. The van der Waals surface area contributed by atoms with Crippen LogP contribution in [0.4, 0.5) is 21.7 Å². The molecule has 0 aliphatic carbocycles. The highest BCUT2D eigenvalue weighted by atomic mass is 35.5. The molecule has 0 fully saturated rings. The van der Waals surface area contributed by atoms with Crippen LogP contribution < -0.4 is 11.1 Å². The number of halogens is 3. The maximum atomic E-state index is 14.3. The van der Waals surface area contributed by atoms with Crippen molar-refractivity contribution in [1.29, 1.82) is 0 Å². The molecule has 10 heteroatoms. The summed E-state index contributed by atoms with van der Waals surface area (Å²) in [5, 5.41) is 4.22. The van der Waals surface area contributed by atoms with Gasteiger partial charge in [0.1, 0.15) is 27.4 Å². The maximum absolute atomic E-state index is 14.3. The lowest BCUT2D eigenvalue weighted by Gasteiger charge is -2.05. The monoisotopic (exact) mass is 436 g/mol. The standard InChI is InChI=1S/C17H11Cl2FN6S.CH4/c1-7-2-12(24-6-23-7)25-16-15-14(11(20)5-22-16)26-17(27-15)13-9(18)3-8(21)4-10(13)19;/h2-6H,21H2,1H3,(H,22,23,24,25);1H4. The molecule has 3 aromatic heterocycles. The van der Waals surface area contributed by atoms with Gasteiger partial charge in [-0.05, 0) is 19.1 Å². The number of pyridine rings is 1. The van der Waals surface area contributed by atoms with Crippen molar-refractivity contribution in [2.45, 2.75) is 14.4 Å². The lowest BCUT2D eigenvalue weighted by atomic mass is 10.2. The lowest BCUT2D eigenvalue weighted by Crippen LogP contribution is -1.98. The van der Waals surface area contributed by atoms with Crippen LogP contribution in [-0.4, -0.2) is 19.9 Å². The summed E-state index contributed by atoms with van der Waals surface area (Å²) in [6.07, 6.45) is 2.54. The minimum absolute atomic E-state index is 0. The Morgan fingerprint density at radius 3 is 2.50 bits per heavy atom. The SMILES string of the molecule is C.Cc1cc(Nc2ncc(F)c3nc(-c4c(Cl)cc(N)cc4Cl)sc23)ncn1. The van der Waals surface area contributed by atoms with E-state index in [2.05, 4.69) is 25.3 Å². The normalized spacial score (nSPS) is 10.7. The Labute approximate surface area is 174 Å². The maximum Gasteiger partial charge on any atom is 0.168 e. The van der Waals surface area contributed by atoms with Gasteiger partial charge in [0.2, 0.25) is 0 Å². The molecule has 0 radical (unpaired) electrons. The van der Waals surface area contributed by atoms with Crippen molar-refractivity contribution in [3.63, 3.8) is 0 Å². The van der Waals surface area contributed by atoms with E-state index in [0.717, 1.165) is 11.9 Å². The Hall–Kier alpha value is -2.55. The zero-order chi connectivity index (χ0) is 19.1. The minimum Gasteiger partial charge on any atom is -0.399 e. The third-order valence-electron chi connectivity index (χ3n) is 3.70. The van der Waals surface area contributed by atoms with Crippen molar-refractivity contribution in [2.75, 3.05) is 11.1 Å². The van der Waals surface area contributed by atoms with Crippen LogP contribution in [0.3, 0.4) is 0 Å². The van der Waals surface area contributed by atoms with Crippen LogP contribution in [0, 0.1) is 12.7 Å². The first-order chi connectivity index (χ1) is 12.9. The summed E-state index contributed by atoms with van der Waals surface area (Å²) < 4.78 is 14.8. The zero-order valence-electron chi connectivity index (χ0n) is 13.8. The smallest absolute Gasteiger partial charge is 0.168 e. The molecule has 0 aliphatic rings.